The van der Waals surface area contributed by atoms with Crippen molar-refractivity contribution in [2.24, 2.45) is 0 Å². The van der Waals surface area contributed by atoms with Gasteiger partial charge >= 0.3 is 5.97 Å². The fourth-order valence-corrected chi connectivity index (χ4v) is 4.70. The summed E-state index contributed by atoms with van der Waals surface area (Å²) in [5.41, 5.74) is 3.59. The largest absolute Gasteiger partial charge is 0.482 e. The first-order valence-electron chi connectivity index (χ1n) is 11.1. The van der Waals surface area contributed by atoms with Crippen molar-refractivity contribution in [2.75, 3.05) is 30.5 Å². The van der Waals surface area contributed by atoms with Crippen LogP contribution < -0.4 is 15.0 Å². The molecule has 36 heavy (non-hydrogen) atoms. The maximum Gasteiger partial charge on any atom is 0.339 e. The number of para-hydroxylation sites is 1. The predicted octanol–water partition coefficient (Wildman–Crippen LogP) is 4.63. The lowest BCUT2D eigenvalue weighted by atomic mass is 10.1. The smallest absolute Gasteiger partial charge is 0.339 e. The standard InChI is InChI=1S/C27H21N3O5S/c1-34-27(33)19-9-5-6-10-20(19)28-24(31)14-30-22-13-18(11-12-23(22)35-15-25(30)32)21-16-36-26(29-21)17-7-3-2-4-8-17/h2-13,16H,14-15H2,1H3,(H,28,31). The molecule has 0 atom stereocenters. The average Bonchev–Trinajstić information content (AvgIpc) is 3.41. The molecule has 180 valence electrons. The Bertz CT molecular complexity index is 1450. The molecule has 0 bridgehead atoms. The van der Waals surface area contributed by atoms with Crippen molar-refractivity contribution in [3.63, 3.8) is 0 Å². The van der Waals surface area contributed by atoms with E-state index >= 15 is 0 Å². The van der Waals surface area contributed by atoms with E-state index < -0.39 is 11.9 Å². The Labute approximate surface area is 211 Å². The zero-order valence-electron chi connectivity index (χ0n) is 19.3. The number of methoxy groups -OCH3 is 1. The minimum absolute atomic E-state index is 0.173. The number of ether oxygens (including phenoxy) is 2. The number of benzene rings is 3. The number of anilines is 2. The second kappa shape index (κ2) is 10.0. The molecule has 0 saturated heterocycles. The first kappa shape index (κ1) is 23.3. The molecule has 5 rings (SSSR count). The molecule has 1 aliphatic heterocycles. The van der Waals surface area contributed by atoms with Crippen molar-refractivity contribution >= 4 is 40.5 Å². The Balaban J connectivity index is 1.40. The molecule has 3 aromatic carbocycles. The van der Waals surface area contributed by atoms with Crippen LogP contribution in [-0.4, -0.2) is 43.0 Å². The molecule has 9 heteroatoms. The summed E-state index contributed by atoms with van der Waals surface area (Å²) in [5.74, 6) is -0.877. The minimum atomic E-state index is -0.568. The highest BCUT2D eigenvalue weighted by Gasteiger charge is 2.28. The van der Waals surface area contributed by atoms with Gasteiger partial charge in [-0.3, -0.25) is 14.5 Å². The maximum absolute atomic E-state index is 12.9. The van der Waals surface area contributed by atoms with Gasteiger partial charge in [0.1, 0.15) is 17.3 Å². The number of aromatic nitrogens is 1. The highest BCUT2D eigenvalue weighted by Crippen LogP contribution is 2.37. The number of nitrogens with one attached hydrogen (secondary N) is 1. The molecular formula is C27H21N3O5S. The predicted molar refractivity (Wildman–Crippen MR) is 137 cm³/mol. The molecular weight excluding hydrogens is 478 g/mol. The van der Waals surface area contributed by atoms with Gasteiger partial charge in [-0.1, -0.05) is 42.5 Å². The number of carbonyl (C=O) groups excluding carboxylic acids is 3. The molecule has 0 aliphatic carbocycles. The highest BCUT2D eigenvalue weighted by molar-refractivity contribution is 7.13. The number of hydrogen-bond donors (Lipinski definition) is 1. The van der Waals surface area contributed by atoms with Gasteiger partial charge in [-0.05, 0) is 30.3 Å². The van der Waals surface area contributed by atoms with E-state index in [0.717, 1.165) is 21.8 Å². The van der Waals surface area contributed by atoms with Crippen molar-refractivity contribution in [1.29, 1.82) is 0 Å². The minimum Gasteiger partial charge on any atom is -0.482 e. The summed E-state index contributed by atoms with van der Waals surface area (Å²) in [4.78, 5) is 43.8. The Hall–Kier alpha value is -4.50. The number of thiazole rings is 1. The van der Waals surface area contributed by atoms with E-state index in [-0.39, 0.29) is 24.6 Å². The Morgan fingerprint density at radius 2 is 1.83 bits per heavy atom. The second-order valence-corrected chi connectivity index (χ2v) is 8.80. The summed E-state index contributed by atoms with van der Waals surface area (Å²) in [7, 11) is 1.27. The fourth-order valence-electron chi connectivity index (χ4n) is 3.87. The third kappa shape index (κ3) is 4.69. The second-order valence-electron chi connectivity index (χ2n) is 7.94. The van der Waals surface area contributed by atoms with Gasteiger partial charge in [-0.2, -0.15) is 0 Å². The molecule has 1 N–H and O–H groups in total. The number of carbonyl (C=O) groups is 3. The lowest BCUT2D eigenvalue weighted by Gasteiger charge is -2.29. The van der Waals surface area contributed by atoms with Gasteiger partial charge in [-0.25, -0.2) is 9.78 Å². The van der Waals surface area contributed by atoms with Crippen LogP contribution in [0.4, 0.5) is 11.4 Å². The SMILES string of the molecule is COC(=O)c1ccccc1NC(=O)CN1C(=O)COc2ccc(-c3csc(-c4ccccc4)n3)cc21. The molecule has 1 aromatic heterocycles. The van der Waals surface area contributed by atoms with Crippen LogP contribution in [0, 0.1) is 0 Å². The van der Waals surface area contributed by atoms with Crippen LogP contribution in [0.15, 0.2) is 78.2 Å². The molecule has 0 spiro atoms. The number of nitrogens with zero attached hydrogens (tertiary/aromatic N) is 2. The van der Waals surface area contributed by atoms with E-state index in [0.29, 0.717) is 17.1 Å². The highest BCUT2D eigenvalue weighted by atomic mass is 32.1. The number of amides is 2. The van der Waals surface area contributed by atoms with E-state index in [1.54, 1.807) is 36.4 Å². The molecule has 0 unspecified atom stereocenters. The third-order valence-corrected chi connectivity index (χ3v) is 6.52. The first-order valence-corrected chi connectivity index (χ1v) is 12.0. The maximum atomic E-state index is 12.9. The van der Waals surface area contributed by atoms with Crippen LogP contribution in [0.1, 0.15) is 10.4 Å². The lowest BCUT2D eigenvalue weighted by Crippen LogP contribution is -2.43. The quantitative estimate of drug-likeness (QED) is 0.389. The molecule has 2 amide bonds. The van der Waals surface area contributed by atoms with E-state index in [4.69, 9.17) is 14.5 Å². The summed E-state index contributed by atoms with van der Waals surface area (Å²) in [6.45, 7) is -0.423. The van der Waals surface area contributed by atoms with Gasteiger partial charge in [0.05, 0.1) is 29.7 Å². The summed E-state index contributed by atoms with van der Waals surface area (Å²) in [6, 6.07) is 21.9. The number of rotatable bonds is 6. The Morgan fingerprint density at radius 3 is 2.64 bits per heavy atom. The summed E-state index contributed by atoms with van der Waals surface area (Å²) in [6.07, 6.45) is 0. The van der Waals surface area contributed by atoms with Gasteiger partial charge in [0.25, 0.3) is 5.91 Å². The van der Waals surface area contributed by atoms with Crippen LogP contribution in [0.3, 0.4) is 0 Å². The summed E-state index contributed by atoms with van der Waals surface area (Å²) in [5, 5.41) is 5.55. The topological polar surface area (TPSA) is 97.8 Å². The number of hydrogen-bond acceptors (Lipinski definition) is 7. The van der Waals surface area contributed by atoms with E-state index in [2.05, 4.69) is 5.32 Å². The summed E-state index contributed by atoms with van der Waals surface area (Å²) >= 11 is 1.53. The van der Waals surface area contributed by atoms with Crippen LogP contribution in [-0.2, 0) is 14.3 Å². The van der Waals surface area contributed by atoms with Gasteiger partial charge in [0.15, 0.2) is 6.61 Å². The van der Waals surface area contributed by atoms with E-state index in [1.807, 2.05) is 41.8 Å². The van der Waals surface area contributed by atoms with Crippen molar-refractivity contribution in [3.8, 4) is 27.6 Å². The molecule has 4 aromatic rings. The normalized spacial score (nSPS) is 12.5. The number of esters is 1. The van der Waals surface area contributed by atoms with Crippen molar-refractivity contribution in [1.82, 2.24) is 4.98 Å². The molecule has 2 heterocycles. The van der Waals surface area contributed by atoms with Crippen LogP contribution >= 0.6 is 11.3 Å². The van der Waals surface area contributed by atoms with Gasteiger partial charge in [0, 0.05) is 16.5 Å². The first-order chi connectivity index (χ1) is 17.5. The van der Waals surface area contributed by atoms with Gasteiger partial charge < -0.3 is 14.8 Å². The van der Waals surface area contributed by atoms with Crippen molar-refractivity contribution in [2.45, 2.75) is 0 Å². The zero-order valence-corrected chi connectivity index (χ0v) is 20.1. The molecule has 1 aliphatic rings. The molecule has 0 radical (unpaired) electrons. The van der Waals surface area contributed by atoms with Crippen LogP contribution in [0.25, 0.3) is 21.8 Å². The van der Waals surface area contributed by atoms with Crippen LogP contribution in [0.5, 0.6) is 5.75 Å². The van der Waals surface area contributed by atoms with E-state index in [1.165, 1.54) is 23.3 Å². The zero-order chi connectivity index (χ0) is 25.1. The monoisotopic (exact) mass is 499 g/mol. The van der Waals surface area contributed by atoms with Gasteiger partial charge in [0.2, 0.25) is 5.91 Å². The molecule has 0 fully saturated rings. The van der Waals surface area contributed by atoms with Crippen molar-refractivity contribution < 1.29 is 23.9 Å². The molecule has 0 saturated carbocycles. The Kier molecular flexibility index (Phi) is 6.46. The summed E-state index contributed by atoms with van der Waals surface area (Å²) < 4.78 is 10.4. The van der Waals surface area contributed by atoms with Crippen LogP contribution in [0.2, 0.25) is 0 Å². The fraction of sp³-hybridized carbons (Fsp3) is 0.111. The van der Waals surface area contributed by atoms with Crippen molar-refractivity contribution in [3.05, 3.63) is 83.7 Å². The lowest BCUT2D eigenvalue weighted by molar-refractivity contribution is -0.123. The van der Waals surface area contributed by atoms with Gasteiger partial charge in [-0.15, -0.1) is 11.3 Å². The molecule has 8 nitrogen and oxygen atoms in total. The average molecular weight is 500 g/mol. The van der Waals surface area contributed by atoms with E-state index in [9.17, 15) is 14.4 Å². The number of fused-ring (bicyclic) bond motifs is 1. The Morgan fingerprint density at radius 1 is 1.06 bits per heavy atom. The third-order valence-electron chi connectivity index (χ3n) is 5.63.